The zero-order chi connectivity index (χ0) is 55.0. The van der Waals surface area contributed by atoms with E-state index < -0.39 is 8.56 Å². The summed E-state index contributed by atoms with van der Waals surface area (Å²) in [5, 5.41) is -0.210. The summed E-state index contributed by atoms with van der Waals surface area (Å²) >= 11 is 0. The number of fused-ring (bicyclic) bond motifs is 3. The summed E-state index contributed by atoms with van der Waals surface area (Å²) in [5.41, 5.74) is 4.34. The van der Waals surface area contributed by atoms with Crippen LogP contribution in [-0.2, 0) is 77.9 Å². The Balaban J connectivity index is 0.804. The van der Waals surface area contributed by atoms with Crippen molar-refractivity contribution in [3.63, 3.8) is 0 Å². The second-order valence-corrected chi connectivity index (χ2v) is 29.1. The first-order valence-electron chi connectivity index (χ1n) is 29.0. The topological polar surface area (TPSA) is 120 Å². The normalized spacial score (nSPS) is 29.6. The van der Waals surface area contributed by atoms with Gasteiger partial charge in [0.2, 0.25) is 0 Å². The van der Waals surface area contributed by atoms with E-state index in [0.717, 1.165) is 77.4 Å². The summed E-state index contributed by atoms with van der Waals surface area (Å²) in [6, 6.07) is 36.6. The van der Waals surface area contributed by atoms with Gasteiger partial charge in [-0.15, -0.1) is 0 Å². The van der Waals surface area contributed by atoms with E-state index in [4.69, 9.17) is 61.0 Å². The van der Waals surface area contributed by atoms with Crippen LogP contribution >= 0.6 is 0 Å². The molecule has 428 valence electrons. The number of benzene rings is 4. The number of rotatable bonds is 21. The molecule has 6 heterocycles. The zero-order valence-corrected chi connectivity index (χ0v) is 48.9. The van der Waals surface area contributed by atoms with E-state index in [0.29, 0.717) is 65.3 Å². The zero-order valence-electron chi connectivity index (χ0n) is 47.9. The summed E-state index contributed by atoms with van der Waals surface area (Å²) in [5.74, 6) is 3.55. The summed E-state index contributed by atoms with van der Waals surface area (Å²) in [6.45, 7) is 16.3. The molecule has 0 bridgehead atoms. The van der Waals surface area contributed by atoms with Gasteiger partial charge in [0.1, 0.15) is 35.9 Å². The first-order valence-corrected chi connectivity index (χ1v) is 30.8. The van der Waals surface area contributed by atoms with Crippen molar-refractivity contribution in [2.45, 2.75) is 209 Å². The van der Waals surface area contributed by atoms with Crippen molar-refractivity contribution in [2.75, 3.05) is 27.4 Å². The second-order valence-electron chi connectivity index (χ2n) is 24.4. The van der Waals surface area contributed by atoms with Gasteiger partial charge in [-0.2, -0.15) is 0 Å². The third-order valence-electron chi connectivity index (χ3n) is 16.7. The van der Waals surface area contributed by atoms with E-state index in [2.05, 4.69) is 90.1 Å². The average molecular weight is 1100 g/mol. The van der Waals surface area contributed by atoms with Gasteiger partial charge in [-0.25, -0.2) is 0 Å². The predicted octanol–water partition coefficient (Wildman–Crippen LogP) is 12.8. The van der Waals surface area contributed by atoms with Gasteiger partial charge in [0.25, 0.3) is 0 Å². The van der Waals surface area contributed by atoms with Crippen LogP contribution in [0.4, 0.5) is 0 Å². The van der Waals surface area contributed by atoms with Crippen LogP contribution in [0.15, 0.2) is 133 Å². The van der Waals surface area contributed by atoms with Crippen molar-refractivity contribution in [3.05, 3.63) is 155 Å². The lowest BCUT2D eigenvalue weighted by molar-refractivity contribution is -0.218. The average Bonchev–Trinajstić information content (AvgIpc) is 3.66. The van der Waals surface area contributed by atoms with E-state index in [1.807, 2.05) is 72.8 Å². The highest BCUT2D eigenvalue weighted by Crippen LogP contribution is 2.55. The molecular formula is C65H86O13Si. The minimum atomic E-state index is -2.66. The molecule has 0 unspecified atom stereocenters. The van der Waals surface area contributed by atoms with E-state index in [1.165, 1.54) is 0 Å². The summed E-state index contributed by atoms with van der Waals surface area (Å²) in [6.07, 6.45) is 9.04. The predicted molar refractivity (Wildman–Crippen MR) is 304 cm³/mol. The SMILES string of the molecule is COc1ccc(CO[C@H]2C[C@@H](OCc3ccccc3)[C@H](COCc3ccccc3)O[C@@H]2CCC2=CC[C@@H]3O[C@H](CCC4=CC[C@@H]5O[C@@H]6CO[Si](C(C)(C)C)(C(C)(C)C)O[C@H]6C[C@H]5O4)[C@@H](OCc4ccc(OC)cc4)C[C@H]3O2)cc1. The molecule has 6 aliphatic rings. The minimum Gasteiger partial charge on any atom is -0.497 e. The lowest BCUT2D eigenvalue weighted by atomic mass is 9.90. The van der Waals surface area contributed by atoms with E-state index >= 15 is 0 Å². The maximum Gasteiger partial charge on any atom is 0.349 e. The van der Waals surface area contributed by atoms with E-state index in [9.17, 15) is 0 Å². The highest BCUT2D eigenvalue weighted by Gasteiger charge is 2.63. The number of ether oxygens (including phenoxy) is 11. The first kappa shape index (κ1) is 57.6. The summed E-state index contributed by atoms with van der Waals surface area (Å²) in [7, 11) is 0.709. The molecule has 0 aliphatic carbocycles. The summed E-state index contributed by atoms with van der Waals surface area (Å²) in [4.78, 5) is 0. The van der Waals surface area contributed by atoms with Crippen molar-refractivity contribution in [1.29, 1.82) is 0 Å². The van der Waals surface area contributed by atoms with Crippen LogP contribution in [0.3, 0.4) is 0 Å². The Hall–Kier alpha value is -4.58. The molecule has 13 nitrogen and oxygen atoms in total. The van der Waals surface area contributed by atoms with Gasteiger partial charge in [-0.1, -0.05) is 126 Å². The van der Waals surface area contributed by atoms with Crippen LogP contribution < -0.4 is 9.47 Å². The first-order chi connectivity index (χ1) is 38.2. The molecule has 10 rings (SSSR count). The highest BCUT2D eigenvalue weighted by molar-refractivity contribution is 6.73. The highest BCUT2D eigenvalue weighted by atomic mass is 28.4. The van der Waals surface area contributed by atoms with Gasteiger partial charge in [-0.3, -0.25) is 0 Å². The van der Waals surface area contributed by atoms with Crippen LogP contribution in [0.2, 0.25) is 10.1 Å². The van der Waals surface area contributed by atoms with Crippen molar-refractivity contribution >= 4 is 8.56 Å². The molecule has 0 saturated carbocycles. The lowest BCUT2D eigenvalue weighted by Crippen LogP contribution is -2.67. The molecular weight excluding hydrogens is 1020 g/mol. The largest absolute Gasteiger partial charge is 0.497 e. The second kappa shape index (κ2) is 26.1. The van der Waals surface area contributed by atoms with Crippen LogP contribution in [0.25, 0.3) is 0 Å². The van der Waals surface area contributed by atoms with Gasteiger partial charge >= 0.3 is 8.56 Å². The number of hydrogen-bond donors (Lipinski definition) is 0. The van der Waals surface area contributed by atoms with Crippen LogP contribution in [0.5, 0.6) is 11.5 Å². The fourth-order valence-corrected chi connectivity index (χ4v) is 17.6. The Labute approximate surface area is 470 Å². The number of allylic oxidation sites excluding steroid dienone is 2. The van der Waals surface area contributed by atoms with Crippen molar-refractivity contribution in [1.82, 2.24) is 0 Å². The molecule has 0 amide bonds. The number of methoxy groups -OCH3 is 2. The van der Waals surface area contributed by atoms with E-state index in [1.54, 1.807) is 14.2 Å². The molecule has 0 spiro atoms. The van der Waals surface area contributed by atoms with Gasteiger partial charge in [0.15, 0.2) is 0 Å². The fraction of sp³-hybridized carbons (Fsp3) is 0.569. The smallest absolute Gasteiger partial charge is 0.349 e. The molecule has 4 aromatic carbocycles. The molecule has 14 heteroatoms. The van der Waals surface area contributed by atoms with E-state index in [-0.39, 0.29) is 83.3 Å². The van der Waals surface area contributed by atoms with Crippen LogP contribution in [-0.4, -0.2) is 109 Å². The fourth-order valence-electron chi connectivity index (χ4n) is 12.6. The van der Waals surface area contributed by atoms with Crippen molar-refractivity contribution < 1.29 is 61.0 Å². The third kappa shape index (κ3) is 14.4. The van der Waals surface area contributed by atoms with Crippen LogP contribution in [0.1, 0.15) is 122 Å². The molecule has 12 atom stereocenters. The van der Waals surface area contributed by atoms with Gasteiger partial charge in [0.05, 0.1) is 114 Å². The van der Waals surface area contributed by atoms with Gasteiger partial charge in [-0.05, 0) is 84.4 Å². The Morgan fingerprint density at radius 3 is 1.47 bits per heavy atom. The number of hydrogen-bond acceptors (Lipinski definition) is 13. The molecule has 0 radical (unpaired) electrons. The van der Waals surface area contributed by atoms with Gasteiger partial charge in [0, 0.05) is 42.2 Å². The van der Waals surface area contributed by atoms with Gasteiger partial charge < -0.3 is 61.0 Å². The Morgan fingerprint density at radius 1 is 0.468 bits per heavy atom. The quantitative estimate of drug-likeness (QED) is 0.0737. The molecule has 4 aromatic rings. The molecule has 6 aliphatic heterocycles. The monoisotopic (exact) mass is 1100 g/mol. The standard InChI is InChI=1S/C65H86O13Si/c1-64(2,3)79(65(4,5)6)72-43-63-61(78-79)37-60-55(77-63)34-30-51(74-60)27-31-52-57(70-41-47-21-25-49(67-8)26-22-47)36-59-54(75-52)33-29-50(73-59)28-32-53-56(69-40-46-19-23-48(66-7)24-20-46)35-58(71-39-45-17-13-10-14-18-45)62(76-53)42-68-38-44-15-11-9-12-16-44/h9-26,29-30,52-63H,27-28,31-43H2,1-8H3/t52-,53-,54+,55+,56+,57+,58-,59-,60-,61+,62+,63-/m1/s1. The molecule has 4 saturated heterocycles. The molecule has 79 heavy (non-hydrogen) atoms. The summed E-state index contributed by atoms with van der Waals surface area (Å²) < 4.78 is 86.1. The maximum absolute atomic E-state index is 7.14. The van der Waals surface area contributed by atoms with Crippen molar-refractivity contribution in [3.8, 4) is 11.5 Å². The lowest BCUT2D eigenvalue weighted by Gasteiger charge is -2.57. The third-order valence-corrected chi connectivity index (χ3v) is 21.9. The molecule has 0 N–H and O–H groups in total. The minimum absolute atomic E-state index is 0.0260. The van der Waals surface area contributed by atoms with Crippen molar-refractivity contribution in [2.24, 2.45) is 0 Å². The Bertz CT molecular complexity index is 2570. The van der Waals surface area contributed by atoms with Crippen LogP contribution in [0, 0.1) is 0 Å². The Kier molecular flexibility index (Phi) is 19.1. The molecule has 4 fully saturated rings. The molecule has 0 aromatic heterocycles. The Morgan fingerprint density at radius 2 is 0.937 bits per heavy atom. The maximum atomic E-state index is 7.14.